The van der Waals surface area contributed by atoms with Gasteiger partial charge < -0.3 is 4.90 Å². The summed E-state index contributed by atoms with van der Waals surface area (Å²) in [6.07, 6.45) is 3.11. The molecule has 0 N–H and O–H groups in total. The summed E-state index contributed by atoms with van der Waals surface area (Å²) in [5.74, 6) is -0.129. The molecule has 0 saturated carbocycles. The van der Waals surface area contributed by atoms with Crippen LogP contribution in [0.15, 0.2) is 41.1 Å². The minimum absolute atomic E-state index is 0.129. The van der Waals surface area contributed by atoms with E-state index in [1.807, 2.05) is 31.2 Å². The molecular weight excluding hydrogens is 306 g/mol. The van der Waals surface area contributed by atoms with Crippen molar-refractivity contribution in [2.24, 2.45) is 0 Å². The average Bonchev–Trinajstić information content (AvgIpc) is 2.41. The van der Waals surface area contributed by atoms with Gasteiger partial charge in [0.05, 0.1) is 11.9 Å². The standard InChI is InChI=1S/C14H14BrN3O/c1-10-7-17-13(8-16-10)14(19)18(2)9-11-3-5-12(15)6-4-11/h3-8H,9H2,1-2H3. The zero-order chi connectivity index (χ0) is 13.8. The molecule has 0 atom stereocenters. The van der Waals surface area contributed by atoms with E-state index in [2.05, 4.69) is 25.9 Å². The minimum atomic E-state index is -0.129. The molecule has 5 heteroatoms. The Kier molecular flexibility index (Phi) is 4.27. The smallest absolute Gasteiger partial charge is 0.274 e. The number of carbonyl (C=O) groups is 1. The molecule has 0 fully saturated rings. The predicted molar refractivity (Wildman–Crippen MR) is 76.7 cm³/mol. The van der Waals surface area contributed by atoms with Crippen molar-refractivity contribution >= 4 is 21.8 Å². The van der Waals surface area contributed by atoms with Crippen LogP contribution in [0.2, 0.25) is 0 Å². The number of hydrogen-bond donors (Lipinski definition) is 0. The summed E-state index contributed by atoms with van der Waals surface area (Å²) in [7, 11) is 1.76. The van der Waals surface area contributed by atoms with E-state index in [9.17, 15) is 4.79 Å². The summed E-state index contributed by atoms with van der Waals surface area (Å²) < 4.78 is 1.02. The molecule has 19 heavy (non-hydrogen) atoms. The predicted octanol–water partition coefficient (Wildman–Crippen LogP) is 2.82. The van der Waals surface area contributed by atoms with Crippen LogP contribution in [-0.4, -0.2) is 27.8 Å². The van der Waals surface area contributed by atoms with Crippen molar-refractivity contribution in [1.82, 2.24) is 14.9 Å². The molecule has 0 unspecified atom stereocenters. The number of halogens is 1. The monoisotopic (exact) mass is 319 g/mol. The quantitative estimate of drug-likeness (QED) is 0.874. The van der Waals surface area contributed by atoms with Gasteiger partial charge >= 0.3 is 0 Å². The Morgan fingerprint density at radius 1 is 1.21 bits per heavy atom. The number of hydrogen-bond acceptors (Lipinski definition) is 3. The zero-order valence-corrected chi connectivity index (χ0v) is 12.4. The number of aryl methyl sites for hydroxylation is 1. The van der Waals surface area contributed by atoms with Gasteiger partial charge in [-0.05, 0) is 24.6 Å². The number of carbonyl (C=O) groups excluding carboxylic acids is 1. The molecule has 0 bridgehead atoms. The third-order valence-electron chi connectivity index (χ3n) is 2.68. The van der Waals surface area contributed by atoms with Crippen LogP contribution in [0.1, 0.15) is 21.7 Å². The number of benzene rings is 1. The van der Waals surface area contributed by atoms with Gasteiger partial charge in [-0.1, -0.05) is 28.1 Å². The summed E-state index contributed by atoms with van der Waals surface area (Å²) in [4.78, 5) is 21.9. The van der Waals surface area contributed by atoms with Crippen molar-refractivity contribution < 1.29 is 4.79 Å². The van der Waals surface area contributed by atoms with Gasteiger partial charge in [0, 0.05) is 24.3 Å². The highest BCUT2D eigenvalue weighted by molar-refractivity contribution is 9.10. The average molecular weight is 320 g/mol. The molecule has 0 spiro atoms. The van der Waals surface area contributed by atoms with Crippen molar-refractivity contribution in [1.29, 1.82) is 0 Å². The van der Waals surface area contributed by atoms with E-state index < -0.39 is 0 Å². The first-order valence-electron chi connectivity index (χ1n) is 5.85. The molecule has 1 amide bonds. The van der Waals surface area contributed by atoms with Crippen LogP contribution in [0.4, 0.5) is 0 Å². The van der Waals surface area contributed by atoms with Crippen molar-refractivity contribution in [3.63, 3.8) is 0 Å². The first-order chi connectivity index (χ1) is 9.06. The molecule has 0 aliphatic carbocycles. The van der Waals surface area contributed by atoms with Crippen molar-refractivity contribution in [2.75, 3.05) is 7.05 Å². The van der Waals surface area contributed by atoms with Gasteiger partial charge in [-0.2, -0.15) is 0 Å². The molecule has 2 rings (SSSR count). The van der Waals surface area contributed by atoms with Crippen LogP contribution in [-0.2, 0) is 6.54 Å². The number of amides is 1. The second-order valence-electron chi connectivity index (χ2n) is 4.33. The van der Waals surface area contributed by atoms with Crippen LogP contribution >= 0.6 is 15.9 Å². The van der Waals surface area contributed by atoms with Crippen molar-refractivity contribution in [2.45, 2.75) is 13.5 Å². The van der Waals surface area contributed by atoms with Gasteiger partial charge in [0.25, 0.3) is 5.91 Å². The molecule has 2 aromatic rings. The highest BCUT2D eigenvalue weighted by Gasteiger charge is 2.13. The van der Waals surface area contributed by atoms with E-state index >= 15 is 0 Å². The molecule has 0 aliphatic rings. The van der Waals surface area contributed by atoms with Gasteiger partial charge in [0.1, 0.15) is 5.69 Å². The molecule has 98 valence electrons. The molecule has 0 radical (unpaired) electrons. The Bertz CT molecular complexity index is 566. The molecule has 1 aromatic carbocycles. The van der Waals surface area contributed by atoms with Gasteiger partial charge in [-0.3, -0.25) is 9.78 Å². The van der Waals surface area contributed by atoms with Crippen molar-refractivity contribution in [3.8, 4) is 0 Å². The summed E-state index contributed by atoms with van der Waals surface area (Å²) in [6.45, 7) is 2.38. The number of nitrogens with zero attached hydrogens (tertiary/aromatic N) is 3. The van der Waals surface area contributed by atoms with Gasteiger partial charge in [0.15, 0.2) is 0 Å². The maximum atomic E-state index is 12.1. The topological polar surface area (TPSA) is 46.1 Å². The fraction of sp³-hybridized carbons (Fsp3) is 0.214. The van der Waals surface area contributed by atoms with Gasteiger partial charge in [0.2, 0.25) is 0 Å². The van der Waals surface area contributed by atoms with E-state index in [0.717, 1.165) is 15.7 Å². The largest absolute Gasteiger partial charge is 0.336 e. The van der Waals surface area contributed by atoms with Crippen LogP contribution in [0.25, 0.3) is 0 Å². The fourth-order valence-corrected chi connectivity index (χ4v) is 1.90. The summed E-state index contributed by atoms with van der Waals surface area (Å²) in [5.41, 5.74) is 2.23. The lowest BCUT2D eigenvalue weighted by atomic mass is 10.2. The highest BCUT2D eigenvalue weighted by Crippen LogP contribution is 2.12. The van der Waals surface area contributed by atoms with E-state index in [0.29, 0.717) is 12.2 Å². The van der Waals surface area contributed by atoms with E-state index in [1.165, 1.54) is 6.20 Å². The summed E-state index contributed by atoms with van der Waals surface area (Å²) >= 11 is 3.39. The SMILES string of the molecule is Cc1cnc(C(=O)N(C)Cc2ccc(Br)cc2)cn1. The van der Waals surface area contributed by atoms with Crippen LogP contribution < -0.4 is 0 Å². The lowest BCUT2D eigenvalue weighted by Gasteiger charge is -2.16. The maximum Gasteiger partial charge on any atom is 0.274 e. The molecule has 0 aliphatic heterocycles. The lowest BCUT2D eigenvalue weighted by Crippen LogP contribution is -2.27. The number of aromatic nitrogens is 2. The Hall–Kier alpha value is -1.75. The van der Waals surface area contributed by atoms with E-state index in [1.54, 1.807) is 18.1 Å². The minimum Gasteiger partial charge on any atom is -0.336 e. The highest BCUT2D eigenvalue weighted by atomic mass is 79.9. The Labute approximate surface area is 120 Å². The van der Waals surface area contributed by atoms with Crippen LogP contribution in [0, 0.1) is 6.92 Å². The molecule has 1 aromatic heterocycles. The summed E-state index contributed by atoms with van der Waals surface area (Å²) in [5, 5.41) is 0. The third-order valence-corrected chi connectivity index (χ3v) is 3.21. The third kappa shape index (κ3) is 3.61. The molecular formula is C14H14BrN3O. The van der Waals surface area contributed by atoms with E-state index in [-0.39, 0.29) is 5.91 Å². The zero-order valence-electron chi connectivity index (χ0n) is 10.8. The first kappa shape index (κ1) is 13.7. The number of rotatable bonds is 3. The van der Waals surface area contributed by atoms with Gasteiger partial charge in [-0.15, -0.1) is 0 Å². The lowest BCUT2D eigenvalue weighted by molar-refractivity contribution is 0.0779. The van der Waals surface area contributed by atoms with E-state index in [4.69, 9.17) is 0 Å². The Balaban J connectivity index is 2.07. The molecule has 0 saturated heterocycles. The second-order valence-corrected chi connectivity index (χ2v) is 5.25. The normalized spacial score (nSPS) is 10.3. The molecule has 1 heterocycles. The van der Waals surface area contributed by atoms with Crippen LogP contribution in [0.5, 0.6) is 0 Å². The van der Waals surface area contributed by atoms with Crippen LogP contribution in [0.3, 0.4) is 0 Å². The summed E-state index contributed by atoms with van der Waals surface area (Å²) in [6, 6.07) is 7.88. The second kappa shape index (κ2) is 5.93. The molecule has 4 nitrogen and oxygen atoms in total. The Morgan fingerprint density at radius 2 is 1.89 bits per heavy atom. The fourth-order valence-electron chi connectivity index (χ4n) is 1.63. The Morgan fingerprint density at radius 3 is 2.47 bits per heavy atom. The first-order valence-corrected chi connectivity index (χ1v) is 6.64. The maximum absolute atomic E-state index is 12.1. The van der Waals surface area contributed by atoms with Crippen molar-refractivity contribution in [3.05, 3.63) is 58.1 Å². The van der Waals surface area contributed by atoms with Gasteiger partial charge in [-0.25, -0.2) is 4.98 Å².